The highest BCUT2D eigenvalue weighted by molar-refractivity contribution is 7.89. The number of benzene rings is 1. The fraction of sp³-hybridized carbons (Fsp3) is 0.600. The van der Waals surface area contributed by atoms with Crippen LogP contribution in [-0.4, -0.2) is 20.1 Å². The summed E-state index contributed by atoms with van der Waals surface area (Å²) >= 11 is 5.92. The minimum absolute atomic E-state index is 0.229. The van der Waals surface area contributed by atoms with Gasteiger partial charge in [-0.1, -0.05) is 49.6 Å². The van der Waals surface area contributed by atoms with E-state index in [1.54, 1.807) is 0 Å². The summed E-state index contributed by atoms with van der Waals surface area (Å²) < 4.78 is 27.3. The van der Waals surface area contributed by atoms with E-state index in [4.69, 9.17) is 11.6 Å². The maximum atomic E-state index is 12.3. The van der Waals surface area contributed by atoms with Crippen molar-refractivity contribution in [2.24, 2.45) is 5.92 Å². The Morgan fingerprint density at radius 1 is 1.15 bits per heavy atom. The minimum atomic E-state index is -3.28. The average molecular weight is 316 g/mol. The van der Waals surface area contributed by atoms with Crippen molar-refractivity contribution in [3.05, 3.63) is 35.9 Å². The Kier molecular flexibility index (Phi) is 5.87. The summed E-state index contributed by atoms with van der Waals surface area (Å²) in [5.41, 5.74) is 0.912. The van der Waals surface area contributed by atoms with Crippen LogP contribution in [0.3, 0.4) is 0 Å². The third kappa shape index (κ3) is 4.76. The Hall–Kier alpha value is -0.580. The van der Waals surface area contributed by atoms with Crippen LogP contribution in [0.2, 0.25) is 0 Å². The lowest BCUT2D eigenvalue weighted by Gasteiger charge is -2.23. The molecule has 20 heavy (non-hydrogen) atoms. The van der Waals surface area contributed by atoms with Gasteiger partial charge < -0.3 is 0 Å². The molecule has 1 aliphatic rings. The van der Waals surface area contributed by atoms with Crippen LogP contribution < -0.4 is 4.72 Å². The van der Waals surface area contributed by atoms with Gasteiger partial charge in [0.15, 0.2) is 0 Å². The summed E-state index contributed by atoms with van der Waals surface area (Å²) in [4.78, 5) is 0. The van der Waals surface area contributed by atoms with Crippen molar-refractivity contribution in [2.45, 2.75) is 38.1 Å². The molecule has 0 aliphatic heterocycles. The molecular weight excluding hydrogens is 294 g/mol. The second kappa shape index (κ2) is 7.43. The second-order valence-electron chi connectivity index (χ2n) is 5.52. The monoisotopic (exact) mass is 315 g/mol. The van der Waals surface area contributed by atoms with Crippen molar-refractivity contribution >= 4 is 21.6 Å². The van der Waals surface area contributed by atoms with E-state index in [0.29, 0.717) is 5.92 Å². The lowest BCUT2D eigenvalue weighted by molar-refractivity contribution is 0.383. The third-order valence-corrected chi connectivity index (χ3v) is 5.72. The van der Waals surface area contributed by atoms with E-state index in [1.165, 1.54) is 6.42 Å². The fourth-order valence-electron chi connectivity index (χ4n) is 2.80. The number of hydrogen-bond donors (Lipinski definition) is 1. The molecule has 1 unspecified atom stereocenters. The zero-order valence-electron chi connectivity index (χ0n) is 11.6. The first-order valence-electron chi connectivity index (χ1n) is 7.21. The third-order valence-electron chi connectivity index (χ3n) is 3.86. The molecule has 2 rings (SSSR count). The summed E-state index contributed by atoms with van der Waals surface area (Å²) in [6.45, 7) is 0. The molecule has 1 fully saturated rings. The first-order valence-corrected chi connectivity index (χ1v) is 9.40. The summed E-state index contributed by atoms with van der Waals surface area (Å²) in [6, 6.07) is 9.15. The van der Waals surface area contributed by atoms with Gasteiger partial charge in [0.05, 0.1) is 11.8 Å². The van der Waals surface area contributed by atoms with Gasteiger partial charge in [-0.05, 0) is 24.3 Å². The molecule has 3 nitrogen and oxygen atoms in total. The SMILES string of the molecule is O=S(=O)(CC1CCCCC1)NC(CCl)c1ccccc1. The van der Waals surface area contributed by atoms with Gasteiger partial charge in [-0.2, -0.15) is 0 Å². The van der Waals surface area contributed by atoms with Gasteiger partial charge in [0.2, 0.25) is 10.0 Å². The molecule has 1 saturated carbocycles. The standard InChI is InChI=1S/C15H22ClNO2S/c16-11-15(14-9-5-2-6-10-14)17-20(18,19)12-13-7-3-1-4-8-13/h2,5-6,9-10,13,15,17H,1,3-4,7-8,11-12H2. The van der Waals surface area contributed by atoms with Crippen LogP contribution in [0.4, 0.5) is 0 Å². The van der Waals surface area contributed by atoms with E-state index in [2.05, 4.69) is 4.72 Å². The summed E-state index contributed by atoms with van der Waals surface area (Å²) in [7, 11) is -3.28. The van der Waals surface area contributed by atoms with Gasteiger partial charge in [-0.3, -0.25) is 0 Å². The number of halogens is 1. The van der Waals surface area contributed by atoms with Crippen LogP contribution in [0, 0.1) is 5.92 Å². The lowest BCUT2D eigenvalue weighted by atomic mass is 9.91. The smallest absolute Gasteiger partial charge is 0.212 e. The van der Waals surface area contributed by atoms with Crippen LogP contribution in [0.1, 0.15) is 43.7 Å². The molecular formula is C15H22ClNO2S. The molecule has 1 atom stereocenters. The van der Waals surface area contributed by atoms with Crippen molar-refractivity contribution in [1.29, 1.82) is 0 Å². The van der Waals surface area contributed by atoms with Crippen molar-refractivity contribution in [2.75, 3.05) is 11.6 Å². The van der Waals surface area contributed by atoms with E-state index in [9.17, 15) is 8.42 Å². The largest absolute Gasteiger partial charge is 0.212 e. The van der Waals surface area contributed by atoms with Crippen molar-refractivity contribution in [3.63, 3.8) is 0 Å². The van der Waals surface area contributed by atoms with E-state index in [0.717, 1.165) is 31.2 Å². The van der Waals surface area contributed by atoms with Crippen molar-refractivity contribution in [3.8, 4) is 0 Å². The second-order valence-corrected chi connectivity index (χ2v) is 7.63. The van der Waals surface area contributed by atoms with E-state index >= 15 is 0 Å². The zero-order valence-corrected chi connectivity index (χ0v) is 13.2. The van der Waals surface area contributed by atoms with Gasteiger partial charge in [0.25, 0.3) is 0 Å². The van der Waals surface area contributed by atoms with Gasteiger partial charge in [0, 0.05) is 5.88 Å². The number of hydrogen-bond acceptors (Lipinski definition) is 2. The first kappa shape index (κ1) is 15.8. The normalized spacial score (nSPS) is 18.9. The quantitative estimate of drug-likeness (QED) is 0.817. The Bertz CT molecular complexity index is 498. The van der Waals surface area contributed by atoms with Gasteiger partial charge in [-0.25, -0.2) is 13.1 Å². The Morgan fingerprint density at radius 3 is 2.40 bits per heavy atom. The average Bonchev–Trinajstić information content (AvgIpc) is 2.46. The maximum absolute atomic E-state index is 12.3. The number of alkyl halides is 1. The van der Waals surface area contributed by atoms with Gasteiger partial charge in [-0.15, -0.1) is 11.6 Å². The molecule has 0 amide bonds. The van der Waals surface area contributed by atoms with Gasteiger partial charge in [0.1, 0.15) is 0 Å². The maximum Gasteiger partial charge on any atom is 0.212 e. The molecule has 5 heteroatoms. The molecule has 1 aliphatic carbocycles. The number of sulfonamides is 1. The molecule has 1 aromatic carbocycles. The van der Waals surface area contributed by atoms with E-state index < -0.39 is 10.0 Å². The van der Waals surface area contributed by atoms with Crippen LogP contribution in [-0.2, 0) is 10.0 Å². The Balaban J connectivity index is 1.98. The fourth-order valence-corrected chi connectivity index (χ4v) is 4.85. The predicted octanol–water partition coefficient (Wildman–Crippen LogP) is 3.47. The van der Waals surface area contributed by atoms with Gasteiger partial charge >= 0.3 is 0 Å². The highest BCUT2D eigenvalue weighted by Gasteiger charge is 2.24. The summed E-state index contributed by atoms with van der Waals surface area (Å²) in [5.74, 6) is 0.772. The van der Waals surface area contributed by atoms with Crippen LogP contribution in [0.15, 0.2) is 30.3 Å². The molecule has 0 spiro atoms. The summed E-state index contributed by atoms with van der Waals surface area (Å²) in [5, 5.41) is 0. The molecule has 1 N–H and O–H groups in total. The molecule has 0 bridgehead atoms. The summed E-state index contributed by atoms with van der Waals surface area (Å²) in [6.07, 6.45) is 5.59. The Labute approximate surface area is 126 Å². The topological polar surface area (TPSA) is 46.2 Å². The Morgan fingerprint density at radius 2 is 1.80 bits per heavy atom. The van der Waals surface area contributed by atoms with Crippen LogP contribution >= 0.6 is 11.6 Å². The van der Waals surface area contributed by atoms with E-state index in [-0.39, 0.29) is 17.7 Å². The number of rotatable bonds is 6. The molecule has 0 aromatic heterocycles. The van der Waals surface area contributed by atoms with E-state index in [1.807, 2.05) is 30.3 Å². The first-order chi connectivity index (χ1) is 9.61. The van der Waals surface area contributed by atoms with Crippen LogP contribution in [0.25, 0.3) is 0 Å². The van der Waals surface area contributed by atoms with Crippen LogP contribution in [0.5, 0.6) is 0 Å². The minimum Gasteiger partial charge on any atom is -0.212 e. The molecule has 0 saturated heterocycles. The highest BCUT2D eigenvalue weighted by Crippen LogP contribution is 2.25. The molecule has 0 radical (unpaired) electrons. The molecule has 112 valence electrons. The lowest BCUT2D eigenvalue weighted by Crippen LogP contribution is -2.34. The number of nitrogens with one attached hydrogen (secondary N) is 1. The molecule has 1 aromatic rings. The van der Waals surface area contributed by atoms with Crippen molar-refractivity contribution < 1.29 is 8.42 Å². The zero-order chi connectivity index (χ0) is 14.4. The highest BCUT2D eigenvalue weighted by atomic mass is 35.5. The van der Waals surface area contributed by atoms with Crippen molar-refractivity contribution in [1.82, 2.24) is 4.72 Å². The predicted molar refractivity (Wildman–Crippen MR) is 83.4 cm³/mol. The molecule has 0 heterocycles.